The molecule has 0 aliphatic carbocycles. The van der Waals surface area contributed by atoms with Crippen molar-refractivity contribution in [1.82, 2.24) is 15.1 Å². The highest BCUT2D eigenvalue weighted by Crippen LogP contribution is 2.22. The van der Waals surface area contributed by atoms with Gasteiger partial charge in [-0.25, -0.2) is 0 Å². The number of imide groups is 1. The molecule has 0 atom stereocenters. The molecular weight excluding hydrogens is 366 g/mol. The summed E-state index contributed by atoms with van der Waals surface area (Å²) in [5, 5.41) is 2.91. The number of amides is 3. The molecule has 29 heavy (non-hydrogen) atoms. The molecule has 6 heteroatoms. The molecule has 0 aromatic heterocycles. The fourth-order valence-electron chi connectivity index (χ4n) is 3.48. The minimum Gasteiger partial charge on any atom is -0.356 e. The molecule has 1 heterocycles. The van der Waals surface area contributed by atoms with Crippen molar-refractivity contribution in [2.24, 2.45) is 0 Å². The minimum absolute atomic E-state index is 0.0488. The zero-order chi connectivity index (χ0) is 20.6. The van der Waals surface area contributed by atoms with Crippen LogP contribution < -0.4 is 5.32 Å². The van der Waals surface area contributed by atoms with Crippen LogP contribution in [-0.2, 0) is 11.3 Å². The van der Waals surface area contributed by atoms with Crippen LogP contribution in [0.15, 0.2) is 54.6 Å². The second kappa shape index (κ2) is 9.98. The molecular formula is C23H27N3O3. The predicted molar refractivity (Wildman–Crippen MR) is 111 cm³/mol. The molecule has 0 radical (unpaired) electrons. The van der Waals surface area contributed by atoms with E-state index < -0.39 is 0 Å². The maximum absolute atomic E-state index is 12.3. The smallest absolute Gasteiger partial charge is 0.261 e. The highest BCUT2D eigenvalue weighted by atomic mass is 16.2. The maximum atomic E-state index is 12.3. The molecule has 1 N–H and O–H groups in total. The van der Waals surface area contributed by atoms with E-state index in [1.165, 1.54) is 10.5 Å². The number of fused-ring (bicyclic) bond motifs is 1. The first kappa shape index (κ1) is 20.7. The third-order valence-corrected chi connectivity index (χ3v) is 5.00. The molecule has 2 aromatic carbocycles. The number of rotatable bonds is 10. The van der Waals surface area contributed by atoms with Crippen LogP contribution >= 0.6 is 0 Å². The zero-order valence-corrected chi connectivity index (χ0v) is 16.8. The number of carbonyl (C=O) groups is 3. The van der Waals surface area contributed by atoms with Crippen molar-refractivity contribution in [3.05, 3.63) is 71.3 Å². The van der Waals surface area contributed by atoms with E-state index in [-0.39, 0.29) is 24.3 Å². The fourth-order valence-corrected chi connectivity index (χ4v) is 3.48. The molecule has 0 saturated carbocycles. The van der Waals surface area contributed by atoms with Crippen LogP contribution in [0.4, 0.5) is 0 Å². The van der Waals surface area contributed by atoms with Crippen LogP contribution in [0.1, 0.15) is 45.5 Å². The minimum atomic E-state index is -0.271. The Morgan fingerprint density at radius 2 is 1.55 bits per heavy atom. The van der Waals surface area contributed by atoms with Gasteiger partial charge in [-0.3, -0.25) is 19.3 Å². The van der Waals surface area contributed by atoms with Crippen molar-refractivity contribution in [3.8, 4) is 0 Å². The second-order valence-electron chi connectivity index (χ2n) is 7.34. The molecule has 0 unspecified atom stereocenters. The Kier molecular flexibility index (Phi) is 7.14. The van der Waals surface area contributed by atoms with Gasteiger partial charge in [0.25, 0.3) is 11.8 Å². The highest BCUT2D eigenvalue weighted by molar-refractivity contribution is 6.21. The third-order valence-electron chi connectivity index (χ3n) is 5.00. The van der Waals surface area contributed by atoms with Gasteiger partial charge in [0, 0.05) is 26.1 Å². The number of nitrogens with one attached hydrogen (secondary N) is 1. The SMILES string of the molecule is CN(CCCNC(=O)CCCN1C(=O)c2ccccc2C1=O)Cc1ccccc1. The van der Waals surface area contributed by atoms with Crippen LogP contribution in [0.3, 0.4) is 0 Å². The summed E-state index contributed by atoms with van der Waals surface area (Å²) in [5.74, 6) is -0.591. The average Bonchev–Trinajstić information content (AvgIpc) is 2.97. The predicted octanol–water partition coefficient (Wildman–Crippen LogP) is 2.70. The molecule has 3 amide bonds. The van der Waals surface area contributed by atoms with Crippen molar-refractivity contribution in [1.29, 1.82) is 0 Å². The summed E-state index contributed by atoms with van der Waals surface area (Å²) < 4.78 is 0. The van der Waals surface area contributed by atoms with E-state index in [1.807, 2.05) is 18.2 Å². The number of carbonyl (C=O) groups excluding carboxylic acids is 3. The maximum Gasteiger partial charge on any atom is 0.261 e. The van der Waals surface area contributed by atoms with E-state index in [0.717, 1.165) is 19.5 Å². The molecule has 1 aliphatic heterocycles. The van der Waals surface area contributed by atoms with Gasteiger partial charge >= 0.3 is 0 Å². The van der Waals surface area contributed by atoms with Gasteiger partial charge in [-0.1, -0.05) is 42.5 Å². The molecule has 0 fully saturated rings. The lowest BCUT2D eigenvalue weighted by molar-refractivity contribution is -0.121. The monoisotopic (exact) mass is 393 g/mol. The van der Waals surface area contributed by atoms with Crippen LogP contribution in [0.25, 0.3) is 0 Å². The fraction of sp³-hybridized carbons (Fsp3) is 0.348. The Balaban J connectivity index is 1.30. The van der Waals surface area contributed by atoms with Crippen molar-refractivity contribution in [3.63, 3.8) is 0 Å². The summed E-state index contributed by atoms with van der Waals surface area (Å²) in [7, 11) is 2.07. The standard InChI is InChI=1S/C23H27N3O3/c1-25(17-18-9-3-2-4-10-18)15-8-14-24-21(27)13-7-16-26-22(28)19-11-5-6-12-20(19)23(26)29/h2-6,9-12H,7-8,13-17H2,1H3,(H,24,27). The second-order valence-corrected chi connectivity index (χ2v) is 7.34. The van der Waals surface area contributed by atoms with Gasteiger partial charge in [0.05, 0.1) is 11.1 Å². The average molecular weight is 393 g/mol. The molecule has 1 aliphatic rings. The Morgan fingerprint density at radius 1 is 0.931 bits per heavy atom. The van der Waals surface area contributed by atoms with Crippen LogP contribution in [-0.4, -0.2) is 54.2 Å². The largest absolute Gasteiger partial charge is 0.356 e. The summed E-state index contributed by atoms with van der Waals surface area (Å²) >= 11 is 0. The Bertz CT molecular complexity index is 832. The van der Waals surface area contributed by atoms with Gasteiger partial charge in [0.15, 0.2) is 0 Å². The van der Waals surface area contributed by atoms with Crippen LogP contribution in [0.5, 0.6) is 0 Å². The van der Waals surface area contributed by atoms with E-state index >= 15 is 0 Å². The Labute approximate surface area is 171 Å². The van der Waals surface area contributed by atoms with Crippen molar-refractivity contribution < 1.29 is 14.4 Å². The zero-order valence-electron chi connectivity index (χ0n) is 16.8. The van der Waals surface area contributed by atoms with Gasteiger partial charge in [0.2, 0.25) is 5.91 Å². The topological polar surface area (TPSA) is 69.7 Å². The molecule has 2 aromatic rings. The molecule has 3 rings (SSSR count). The molecule has 152 valence electrons. The van der Waals surface area contributed by atoms with E-state index in [9.17, 15) is 14.4 Å². The highest BCUT2D eigenvalue weighted by Gasteiger charge is 2.34. The van der Waals surface area contributed by atoms with Crippen LogP contribution in [0, 0.1) is 0 Å². The van der Waals surface area contributed by atoms with Gasteiger partial charge in [-0.15, -0.1) is 0 Å². The summed E-state index contributed by atoms with van der Waals surface area (Å²) in [6.45, 7) is 2.66. The lowest BCUT2D eigenvalue weighted by Gasteiger charge is -2.17. The molecule has 0 spiro atoms. The van der Waals surface area contributed by atoms with Gasteiger partial charge < -0.3 is 10.2 Å². The quantitative estimate of drug-likeness (QED) is 0.498. The number of hydrogen-bond acceptors (Lipinski definition) is 4. The number of hydrogen-bond donors (Lipinski definition) is 1. The van der Waals surface area contributed by atoms with E-state index in [0.29, 0.717) is 30.5 Å². The van der Waals surface area contributed by atoms with Gasteiger partial charge in [-0.05, 0) is 44.1 Å². The summed E-state index contributed by atoms with van der Waals surface area (Å²) in [4.78, 5) is 40.1. The number of benzene rings is 2. The number of nitrogens with zero attached hydrogens (tertiary/aromatic N) is 2. The summed E-state index contributed by atoms with van der Waals surface area (Å²) in [6, 6.07) is 17.1. The Morgan fingerprint density at radius 3 is 2.21 bits per heavy atom. The van der Waals surface area contributed by atoms with Crippen molar-refractivity contribution in [2.75, 3.05) is 26.7 Å². The van der Waals surface area contributed by atoms with E-state index in [4.69, 9.17) is 0 Å². The normalized spacial score (nSPS) is 13.1. The lowest BCUT2D eigenvalue weighted by Crippen LogP contribution is -2.32. The van der Waals surface area contributed by atoms with Gasteiger partial charge in [-0.2, -0.15) is 0 Å². The van der Waals surface area contributed by atoms with Crippen molar-refractivity contribution >= 4 is 17.7 Å². The first-order valence-corrected chi connectivity index (χ1v) is 10.0. The Hall–Kier alpha value is -2.99. The molecule has 6 nitrogen and oxygen atoms in total. The van der Waals surface area contributed by atoms with Crippen molar-refractivity contribution in [2.45, 2.75) is 25.8 Å². The van der Waals surface area contributed by atoms with E-state index in [2.05, 4.69) is 29.4 Å². The first-order chi connectivity index (χ1) is 14.1. The van der Waals surface area contributed by atoms with Gasteiger partial charge in [0.1, 0.15) is 0 Å². The molecule has 0 bridgehead atoms. The summed E-state index contributed by atoms with van der Waals surface area (Å²) in [6.07, 6.45) is 1.63. The third kappa shape index (κ3) is 5.51. The summed E-state index contributed by atoms with van der Waals surface area (Å²) in [5.41, 5.74) is 2.16. The van der Waals surface area contributed by atoms with Crippen LogP contribution in [0.2, 0.25) is 0 Å². The van der Waals surface area contributed by atoms with E-state index in [1.54, 1.807) is 24.3 Å². The first-order valence-electron chi connectivity index (χ1n) is 10.0. The molecule has 0 saturated heterocycles. The lowest BCUT2D eigenvalue weighted by atomic mass is 10.1.